The number of piperidine rings is 1. The standard InChI is InChI=1S/C12H15Cl2N3/c13-9-7-15-12(14)16-11(9)17-6-2-4-8-3-1-5-10(8)17/h7-8,10H,1-6H2. The number of hydrogen-bond donors (Lipinski definition) is 0. The smallest absolute Gasteiger partial charge is 0.224 e. The molecule has 3 rings (SSSR count). The second-order valence-corrected chi connectivity index (χ2v) is 5.65. The van der Waals surface area contributed by atoms with Crippen LogP contribution in [0.3, 0.4) is 0 Å². The van der Waals surface area contributed by atoms with Crippen LogP contribution in [0.1, 0.15) is 32.1 Å². The van der Waals surface area contributed by atoms with Crippen molar-refractivity contribution in [2.24, 2.45) is 5.92 Å². The maximum Gasteiger partial charge on any atom is 0.224 e. The van der Waals surface area contributed by atoms with Gasteiger partial charge in [0.15, 0.2) is 5.82 Å². The summed E-state index contributed by atoms with van der Waals surface area (Å²) in [7, 11) is 0. The molecule has 0 N–H and O–H groups in total. The van der Waals surface area contributed by atoms with E-state index >= 15 is 0 Å². The highest BCUT2D eigenvalue weighted by atomic mass is 35.5. The SMILES string of the molecule is Clc1ncc(Cl)c(N2CCCC3CCCC32)n1. The number of aromatic nitrogens is 2. The summed E-state index contributed by atoms with van der Waals surface area (Å²) in [6, 6.07) is 0.604. The average Bonchev–Trinajstić information content (AvgIpc) is 2.80. The second kappa shape index (κ2) is 4.62. The van der Waals surface area contributed by atoms with E-state index in [1.165, 1.54) is 32.1 Å². The summed E-state index contributed by atoms with van der Waals surface area (Å²) in [5.41, 5.74) is 0. The minimum absolute atomic E-state index is 0.282. The number of hydrogen-bond acceptors (Lipinski definition) is 3. The Labute approximate surface area is 111 Å². The van der Waals surface area contributed by atoms with Gasteiger partial charge in [-0.15, -0.1) is 0 Å². The molecule has 0 radical (unpaired) electrons. The Morgan fingerprint density at radius 3 is 2.88 bits per heavy atom. The average molecular weight is 272 g/mol. The quantitative estimate of drug-likeness (QED) is 0.732. The van der Waals surface area contributed by atoms with Crippen molar-refractivity contribution >= 4 is 29.0 Å². The molecule has 2 unspecified atom stereocenters. The summed E-state index contributed by atoms with van der Waals surface area (Å²) >= 11 is 12.1. The van der Waals surface area contributed by atoms with Crippen LogP contribution < -0.4 is 4.90 Å². The number of anilines is 1. The molecule has 0 spiro atoms. The van der Waals surface area contributed by atoms with Crippen molar-refractivity contribution in [3.8, 4) is 0 Å². The number of halogens is 2. The van der Waals surface area contributed by atoms with E-state index in [-0.39, 0.29) is 5.28 Å². The molecule has 1 aliphatic heterocycles. The van der Waals surface area contributed by atoms with E-state index in [1.807, 2.05) is 0 Å². The molecule has 92 valence electrons. The predicted octanol–water partition coefficient (Wildman–Crippen LogP) is 3.55. The lowest BCUT2D eigenvalue weighted by Gasteiger charge is -2.38. The lowest BCUT2D eigenvalue weighted by Crippen LogP contribution is -2.43. The zero-order valence-corrected chi connectivity index (χ0v) is 11.1. The van der Waals surface area contributed by atoms with Crippen LogP contribution in [-0.2, 0) is 0 Å². The molecule has 17 heavy (non-hydrogen) atoms. The van der Waals surface area contributed by atoms with E-state index in [1.54, 1.807) is 6.20 Å². The van der Waals surface area contributed by atoms with Gasteiger partial charge in [0, 0.05) is 12.6 Å². The zero-order valence-electron chi connectivity index (χ0n) is 9.57. The van der Waals surface area contributed by atoms with Gasteiger partial charge in [-0.05, 0) is 43.2 Å². The first-order valence-corrected chi connectivity index (χ1v) is 6.96. The zero-order chi connectivity index (χ0) is 11.8. The second-order valence-electron chi connectivity index (χ2n) is 4.90. The van der Waals surface area contributed by atoms with Gasteiger partial charge in [-0.3, -0.25) is 0 Å². The van der Waals surface area contributed by atoms with Gasteiger partial charge in [0.05, 0.1) is 6.20 Å². The van der Waals surface area contributed by atoms with Crippen molar-refractivity contribution in [3.05, 3.63) is 16.5 Å². The van der Waals surface area contributed by atoms with E-state index in [0.717, 1.165) is 18.3 Å². The Kier molecular flexibility index (Phi) is 3.14. The molecule has 1 aromatic heterocycles. The van der Waals surface area contributed by atoms with Gasteiger partial charge in [-0.1, -0.05) is 18.0 Å². The number of fused-ring (bicyclic) bond motifs is 1. The Hall–Kier alpha value is -0.540. The van der Waals surface area contributed by atoms with Crippen molar-refractivity contribution in [2.75, 3.05) is 11.4 Å². The van der Waals surface area contributed by atoms with Crippen LogP contribution in [0.15, 0.2) is 6.20 Å². The summed E-state index contributed by atoms with van der Waals surface area (Å²) in [6.07, 6.45) is 8.09. The lowest BCUT2D eigenvalue weighted by molar-refractivity contribution is 0.360. The van der Waals surface area contributed by atoms with Crippen molar-refractivity contribution in [2.45, 2.75) is 38.1 Å². The molecule has 1 saturated heterocycles. The van der Waals surface area contributed by atoms with Gasteiger partial charge < -0.3 is 4.90 Å². The molecule has 0 bridgehead atoms. The van der Waals surface area contributed by atoms with Crippen LogP contribution in [-0.4, -0.2) is 22.6 Å². The lowest BCUT2D eigenvalue weighted by atomic mass is 9.92. The largest absolute Gasteiger partial charge is 0.352 e. The summed E-state index contributed by atoms with van der Waals surface area (Å²) in [5.74, 6) is 1.64. The molecule has 2 aliphatic rings. The number of nitrogens with zero attached hydrogens (tertiary/aromatic N) is 3. The van der Waals surface area contributed by atoms with E-state index in [0.29, 0.717) is 11.1 Å². The van der Waals surface area contributed by atoms with Crippen LogP contribution in [0.5, 0.6) is 0 Å². The van der Waals surface area contributed by atoms with Crippen molar-refractivity contribution in [3.63, 3.8) is 0 Å². The molecule has 0 aromatic carbocycles. The van der Waals surface area contributed by atoms with Gasteiger partial charge in [0.2, 0.25) is 5.28 Å². The fraction of sp³-hybridized carbons (Fsp3) is 0.667. The van der Waals surface area contributed by atoms with Gasteiger partial charge in [-0.2, -0.15) is 4.98 Å². The van der Waals surface area contributed by atoms with E-state index < -0.39 is 0 Å². The van der Waals surface area contributed by atoms with Crippen molar-refractivity contribution < 1.29 is 0 Å². The number of rotatable bonds is 1. The van der Waals surface area contributed by atoms with Crippen LogP contribution >= 0.6 is 23.2 Å². The molecular formula is C12H15Cl2N3. The third-order valence-corrected chi connectivity index (χ3v) is 4.41. The third kappa shape index (κ3) is 2.11. The highest BCUT2D eigenvalue weighted by Gasteiger charge is 2.36. The van der Waals surface area contributed by atoms with Crippen molar-refractivity contribution in [1.29, 1.82) is 0 Å². The molecule has 1 aliphatic carbocycles. The summed E-state index contributed by atoms with van der Waals surface area (Å²) in [6.45, 7) is 1.04. The summed E-state index contributed by atoms with van der Waals surface area (Å²) < 4.78 is 0. The Morgan fingerprint density at radius 2 is 2.00 bits per heavy atom. The Morgan fingerprint density at radius 1 is 1.18 bits per heavy atom. The third-order valence-electron chi connectivity index (χ3n) is 3.96. The molecule has 2 atom stereocenters. The molecular weight excluding hydrogens is 257 g/mol. The predicted molar refractivity (Wildman–Crippen MR) is 69.8 cm³/mol. The first-order valence-electron chi connectivity index (χ1n) is 6.20. The first kappa shape index (κ1) is 11.5. The van der Waals surface area contributed by atoms with Crippen LogP contribution in [0.4, 0.5) is 5.82 Å². The van der Waals surface area contributed by atoms with Crippen LogP contribution in [0, 0.1) is 5.92 Å². The van der Waals surface area contributed by atoms with Crippen LogP contribution in [0.2, 0.25) is 10.3 Å². The normalized spacial score (nSPS) is 28.2. The summed E-state index contributed by atoms with van der Waals surface area (Å²) in [4.78, 5) is 10.6. The van der Waals surface area contributed by atoms with Gasteiger partial charge in [0.1, 0.15) is 5.02 Å². The molecule has 2 heterocycles. The molecule has 1 aromatic rings. The molecule has 2 fully saturated rings. The highest BCUT2D eigenvalue weighted by molar-refractivity contribution is 6.33. The fourth-order valence-electron chi connectivity index (χ4n) is 3.26. The van der Waals surface area contributed by atoms with Gasteiger partial charge in [-0.25, -0.2) is 4.98 Å². The monoisotopic (exact) mass is 271 g/mol. The van der Waals surface area contributed by atoms with Gasteiger partial charge in [0.25, 0.3) is 0 Å². The topological polar surface area (TPSA) is 29.0 Å². The molecule has 3 nitrogen and oxygen atoms in total. The minimum atomic E-state index is 0.282. The van der Waals surface area contributed by atoms with E-state index in [2.05, 4.69) is 14.9 Å². The minimum Gasteiger partial charge on any atom is -0.352 e. The Balaban J connectivity index is 1.94. The summed E-state index contributed by atoms with van der Waals surface area (Å²) in [5, 5.41) is 0.895. The van der Waals surface area contributed by atoms with Gasteiger partial charge >= 0.3 is 0 Å². The van der Waals surface area contributed by atoms with Crippen LogP contribution in [0.25, 0.3) is 0 Å². The Bertz CT molecular complexity index is 424. The molecule has 0 amide bonds. The maximum absolute atomic E-state index is 6.19. The fourth-order valence-corrected chi connectivity index (χ4v) is 3.58. The molecule has 1 saturated carbocycles. The maximum atomic E-state index is 6.19. The van der Waals surface area contributed by atoms with E-state index in [9.17, 15) is 0 Å². The highest BCUT2D eigenvalue weighted by Crippen LogP contribution is 2.40. The van der Waals surface area contributed by atoms with E-state index in [4.69, 9.17) is 23.2 Å². The first-order chi connectivity index (χ1) is 8.25. The van der Waals surface area contributed by atoms with Crippen molar-refractivity contribution in [1.82, 2.24) is 9.97 Å². The molecule has 5 heteroatoms.